The number of rotatable bonds is 4. The highest BCUT2D eigenvalue weighted by Gasteiger charge is 2.17. The molecule has 0 fully saturated rings. The minimum absolute atomic E-state index is 0.251. The van der Waals surface area contributed by atoms with Gasteiger partial charge in [0.25, 0.3) is 5.56 Å². The fourth-order valence-corrected chi connectivity index (χ4v) is 2.10. The Morgan fingerprint density at radius 1 is 1.33 bits per heavy atom. The van der Waals surface area contributed by atoms with Crippen molar-refractivity contribution < 1.29 is 14.3 Å². The number of carbonyl (C=O) groups excluding carboxylic acids is 2. The normalized spacial score (nSPS) is 11.3. The summed E-state index contributed by atoms with van der Waals surface area (Å²) in [5, 5.41) is 2.44. The van der Waals surface area contributed by atoms with Gasteiger partial charge in [0, 0.05) is 6.20 Å². The molecule has 2 aromatic rings. The van der Waals surface area contributed by atoms with Crippen LogP contribution in [0.15, 0.2) is 23.1 Å². The average Bonchev–Trinajstić information content (AvgIpc) is 2.48. The quantitative estimate of drug-likeness (QED) is 0.821. The maximum absolute atomic E-state index is 12.2. The van der Waals surface area contributed by atoms with Crippen LogP contribution in [-0.4, -0.2) is 38.6 Å². The van der Waals surface area contributed by atoms with Crippen LogP contribution >= 0.6 is 0 Å². The van der Waals surface area contributed by atoms with E-state index >= 15 is 0 Å². The van der Waals surface area contributed by atoms with Gasteiger partial charge in [-0.05, 0) is 39.8 Å². The SMILES string of the molecule is Cc1nc2cccnc2n(CC(=O)NCC(=O)OC(C)(C)C)c1=O. The number of amides is 1. The van der Waals surface area contributed by atoms with Gasteiger partial charge in [-0.2, -0.15) is 0 Å². The molecule has 0 aliphatic heterocycles. The molecule has 0 saturated carbocycles. The predicted octanol–water partition coefficient (Wildman–Crippen LogP) is 0.558. The third-order valence-corrected chi connectivity index (χ3v) is 3.02. The summed E-state index contributed by atoms with van der Waals surface area (Å²) < 4.78 is 6.35. The molecule has 0 saturated heterocycles. The number of esters is 1. The van der Waals surface area contributed by atoms with E-state index < -0.39 is 23.0 Å². The van der Waals surface area contributed by atoms with Crippen molar-refractivity contribution in [1.29, 1.82) is 0 Å². The molecule has 0 aromatic carbocycles. The molecule has 0 unspecified atom stereocenters. The van der Waals surface area contributed by atoms with E-state index in [4.69, 9.17) is 4.74 Å². The van der Waals surface area contributed by atoms with Crippen molar-refractivity contribution >= 4 is 23.0 Å². The maximum Gasteiger partial charge on any atom is 0.325 e. The van der Waals surface area contributed by atoms with Crippen molar-refractivity contribution in [2.45, 2.75) is 39.8 Å². The van der Waals surface area contributed by atoms with Gasteiger partial charge >= 0.3 is 5.97 Å². The Kier molecular flexibility index (Phi) is 4.96. The van der Waals surface area contributed by atoms with Gasteiger partial charge in [-0.25, -0.2) is 9.97 Å². The first-order valence-corrected chi connectivity index (χ1v) is 7.48. The standard InChI is InChI=1S/C16H20N4O4/c1-10-15(23)20(14-11(19-10)6-5-7-17-14)9-12(21)18-8-13(22)24-16(2,3)4/h5-7H,8-9H2,1-4H3,(H,18,21). The second kappa shape index (κ2) is 6.77. The summed E-state index contributed by atoms with van der Waals surface area (Å²) in [5.74, 6) is -1.03. The largest absolute Gasteiger partial charge is 0.459 e. The van der Waals surface area contributed by atoms with Gasteiger partial charge in [0.15, 0.2) is 5.65 Å². The molecule has 128 valence electrons. The lowest BCUT2D eigenvalue weighted by molar-refractivity contribution is -0.154. The summed E-state index contributed by atoms with van der Waals surface area (Å²) in [6.45, 7) is 6.28. The number of aryl methyl sites for hydroxylation is 1. The summed E-state index contributed by atoms with van der Waals surface area (Å²) >= 11 is 0. The number of hydrogen-bond acceptors (Lipinski definition) is 6. The molecule has 1 amide bonds. The molecular weight excluding hydrogens is 312 g/mol. The highest BCUT2D eigenvalue weighted by atomic mass is 16.6. The number of aromatic nitrogens is 3. The molecule has 8 heteroatoms. The molecule has 0 aliphatic carbocycles. The summed E-state index contributed by atoms with van der Waals surface area (Å²) in [5.41, 5.74) is 0.0975. The molecule has 2 aromatic heterocycles. The van der Waals surface area contributed by atoms with Crippen molar-refractivity contribution in [2.24, 2.45) is 0 Å². The van der Waals surface area contributed by atoms with Gasteiger partial charge in [-0.15, -0.1) is 0 Å². The van der Waals surface area contributed by atoms with Crippen molar-refractivity contribution in [3.05, 3.63) is 34.4 Å². The Hall–Kier alpha value is -2.77. The van der Waals surface area contributed by atoms with Gasteiger partial charge < -0.3 is 10.1 Å². The van der Waals surface area contributed by atoms with Crippen LogP contribution in [0.1, 0.15) is 26.5 Å². The monoisotopic (exact) mass is 332 g/mol. The van der Waals surface area contributed by atoms with Crippen molar-refractivity contribution in [2.75, 3.05) is 6.54 Å². The van der Waals surface area contributed by atoms with Crippen molar-refractivity contribution in [3.8, 4) is 0 Å². The lowest BCUT2D eigenvalue weighted by Crippen LogP contribution is -2.38. The second-order valence-corrected chi connectivity index (χ2v) is 6.30. The fraction of sp³-hybridized carbons (Fsp3) is 0.438. The topological polar surface area (TPSA) is 103 Å². The number of nitrogens with zero attached hydrogens (tertiary/aromatic N) is 3. The molecule has 1 N–H and O–H groups in total. The molecule has 24 heavy (non-hydrogen) atoms. The first-order chi connectivity index (χ1) is 11.2. The molecule has 0 radical (unpaired) electrons. The zero-order valence-electron chi connectivity index (χ0n) is 14.1. The van der Waals surface area contributed by atoms with E-state index in [-0.39, 0.29) is 18.8 Å². The van der Waals surface area contributed by atoms with Crippen LogP contribution in [0, 0.1) is 6.92 Å². The first kappa shape index (κ1) is 17.6. The Morgan fingerprint density at radius 3 is 2.71 bits per heavy atom. The number of hydrogen-bond donors (Lipinski definition) is 1. The van der Waals surface area contributed by atoms with Crippen LogP contribution in [-0.2, 0) is 20.9 Å². The second-order valence-electron chi connectivity index (χ2n) is 6.30. The molecule has 0 aliphatic rings. The van der Waals surface area contributed by atoms with Crippen LogP contribution in [0.2, 0.25) is 0 Å². The molecular formula is C16H20N4O4. The van der Waals surface area contributed by atoms with Crippen LogP contribution in [0.3, 0.4) is 0 Å². The summed E-state index contributed by atoms with van der Waals surface area (Å²) in [6.07, 6.45) is 1.52. The minimum Gasteiger partial charge on any atom is -0.459 e. The third-order valence-electron chi connectivity index (χ3n) is 3.02. The fourth-order valence-electron chi connectivity index (χ4n) is 2.10. The molecule has 0 atom stereocenters. The van der Waals surface area contributed by atoms with E-state index in [0.29, 0.717) is 11.2 Å². The highest BCUT2D eigenvalue weighted by Crippen LogP contribution is 2.07. The summed E-state index contributed by atoms with van der Waals surface area (Å²) in [7, 11) is 0. The van der Waals surface area contributed by atoms with E-state index in [9.17, 15) is 14.4 Å². The summed E-state index contributed by atoms with van der Waals surface area (Å²) in [6, 6.07) is 3.41. The van der Waals surface area contributed by atoms with Crippen LogP contribution in [0.4, 0.5) is 0 Å². The van der Waals surface area contributed by atoms with Crippen LogP contribution in [0.25, 0.3) is 11.2 Å². The van der Waals surface area contributed by atoms with Gasteiger partial charge in [0.05, 0.1) is 0 Å². The Morgan fingerprint density at radius 2 is 2.04 bits per heavy atom. The van der Waals surface area contributed by atoms with Gasteiger partial charge in [0.1, 0.15) is 29.9 Å². The third kappa shape index (κ3) is 4.37. The van der Waals surface area contributed by atoms with Gasteiger partial charge in [-0.3, -0.25) is 19.0 Å². The molecule has 0 spiro atoms. The Balaban J connectivity index is 2.12. The van der Waals surface area contributed by atoms with Gasteiger partial charge in [0.2, 0.25) is 5.91 Å². The molecule has 0 bridgehead atoms. The van der Waals surface area contributed by atoms with E-state index in [1.54, 1.807) is 39.8 Å². The van der Waals surface area contributed by atoms with E-state index in [0.717, 1.165) is 0 Å². The predicted molar refractivity (Wildman–Crippen MR) is 87.4 cm³/mol. The van der Waals surface area contributed by atoms with Crippen LogP contribution < -0.4 is 10.9 Å². The minimum atomic E-state index is -0.624. The van der Waals surface area contributed by atoms with E-state index in [2.05, 4.69) is 15.3 Å². The number of ether oxygens (including phenoxy) is 1. The first-order valence-electron chi connectivity index (χ1n) is 7.48. The average molecular weight is 332 g/mol. The number of pyridine rings is 1. The molecule has 8 nitrogen and oxygen atoms in total. The number of nitrogens with one attached hydrogen (secondary N) is 1. The number of carbonyl (C=O) groups is 2. The zero-order chi connectivity index (χ0) is 17.9. The Labute approximate surface area is 138 Å². The lowest BCUT2D eigenvalue weighted by atomic mass is 10.2. The zero-order valence-corrected chi connectivity index (χ0v) is 14.1. The highest BCUT2D eigenvalue weighted by molar-refractivity contribution is 5.83. The maximum atomic E-state index is 12.2. The van der Waals surface area contributed by atoms with Crippen LogP contribution in [0.5, 0.6) is 0 Å². The van der Waals surface area contributed by atoms with E-state index in [1.807, 2.05) is 0 Å². The lowest BCUT2D eigenvalue weighted by Gasteiger charge is -2.19. The molecule has 2 rings (SSSR count). The number of fused-ring (bicyclic) bond motifs is 1. The van der Waals surface area contributed by atoms with E-state index in [1.165, 1.54) is 10.8 Å². The molecule has 2 heterocycles. The smallest absolute Gasteiger partial charge is 0.325 e. The van der Waals surface area contributed by atoms with Crippen molar-refractivity contribution in [1.82, 2.24) is 19.9 Å². The van der Waals surface area contributed by atoms with Gasteiger partial charge in [-0.1, -0.05) is 0 Å². The summed E-state index contributed by atoms with van der Waals surface area (Å²) in [4.78, 5) is 44.2. The Bertz CT molecular complexity index is 836. The van der Waals surface area contributed by atoms with Crippen molar-refractivity contribution in [3.63, 3.8) is 0 Å².